The van der Waals surface area contributed by atoms with Crippen molar-refractivity contribution < 1.29 is 4.79 Å². The third-order valence-electron chi connectivity index (χ3n) is 3.11. The fraction of sp³-hybridized carbons (Fsp3) is 0.500. The van der Waals surface area contributed by atoms with Crippen LogP contribution in [0, 0.1) is 0 Å². The third kappa shape index (κ3) is 5.16. The predicted molar refractivity (Wildman–Crippen MR) is 84.8 cm³/mol. The molecule has 0 aliphatic carbocycles. The van der Waals surface area contributed by atoms with Gasteiger partial charge in [-0.25, -0.2) is 0 Å². The van der Waals surface area contributed by atoms with Gasteiger partial charge in [0.25, 0.3) is 5.91 Å². The molecule has 1 saturated heterocycles. The van der Waals surface area contributed by atoms with Crippen molar-refractivity contribution in [1.82, 2.24) is 10.6 Å². The Labute approximate surface area is 127 Å². The van der Waals surface area contributed by atoms with Crippen LogP contribution in [-0.4, -0.2) is 36.5 Å². The summed E-state index contributed by atoms with van der Waals surface area (Å²) < 4.78 is 0.989. The summed E-state index contributed by atoms with van der Waals surface area (Å²) in [6, 6.07) is 8.09. The van der Waals surface area contributed by atoms with Crippen LogP contribution >= 0.6 is 27.7 Å². The molecule has 1 aliphatic heterocycles. The Hall–Kier alpha value is -0.520. The monoisotopic (exact) mass is 342 g/mol. The standard InChI is InChI=1S/C14H19BrN2OS/c15-12-4-2-11(3-5-12)14(18)17-8-1-7-16-13-6-9-19-10-13/h2-5,13,16H,1,6-10H2,(H,17,18)/t13-/m1/s1. The molecule has 0 saturated carbocycles. The van der Waals surface area contributed by atoms with E-state index in [9.17, 15) is 4.79 Å². The van der Waals surface area contributed by atoms with Crippen molar-refractivity contribution in [3.63, 3.8) is 0 Å². The average Bonchev–Trinajstić information content (AvgIpc) is 2.92. The van der Waals surface area contributed by atoms with E-state index in [0.717, 1.165) is 24.0 Å². The molecule has 3 nitrogen and oxygen atoms in total. The van der Waals surface area contributed by atoms with E-state index < -0.39 is 0 Å². The Morgan fingerprint density at radius 1 is 1.32 bits per heavy atom. The van der Waals surface area contributed by atoms with Crippen LogP contribution in [0.25, 0.3) is 0 Å². The molecule has 1 atom stereocenters. The summed E-state index contributed by atoms with van der Waals surface area (Å²) in [4.78, 5) is 11.8. The summed E-state index contributed by atoms with van der Waals surface area (Å²) in [5, 5.41) is 6.47. The maximum atomic E-state index is 11.8. The van der Waals surface area contributed by atoms with E-state index in [1.807, 2.05) is 36.0 Å². The number of nitrogens with one attached hydrogen (secondary N) is 2. The van der Waals surface area contributed by atoms with E-state index >= 15 is 0 Å². The summed E-state index contributed by atoms with van der Waals surface area (Å²) in [5.74, 6) is 2.51. The molecule has 1 amide bonds. The highest BCUT2D eigenvalue weighted by Gasteiger charge is 2.13. The summed E-state index contributed by atoms with van der Waals surface area (Å²) in [6.45, 7) is 1.70. The molecule has 5 heteroatoms. The molecule has 0 spiro atoms. The number of hydrogen-bond acceptors (Lipinski definition) is 3. The number of carbonyl (C=O) groups is 1. The molecule has 2 N–H and O–H groups in total. The van der Waals surface area contributed by atoms with Gasteiger partial charge in [-0.15, -0.1) is 0 Å². The van der Waals surface area contributed by atoms with Gasteiger partial charge in [0.05, 0.1) is 0 Å². The maximum absolute atomic E-state index is 11.8. The van der Waals surface area contributed by atoms with Crippen molar-refractivity contribution in [3.8, 4) is 0 Å². The molecule has 19 heavy (non-hydrogen) atoms. The van der Waals surface area contributed by atoms with E-state index in [0.29, 0.717) is 11.6 Å². The maximum Gasteiger partial charge on any atom is 0.251 e. The highest BCUT2D eigenvalue weighted by atomic mass is 79.9. The summed E-state index contributed by atoms with van der Waals surface area (Å²) in [5.41, 5.74) is 0.711. The molecule has 1 heterocycles. The molecular weight excluding hydrogens is 324 g/mol. The second kappa shape index (κ2) is 7.92. The average molecular weight is 343 g/mol. The molecule has 0 radical (unpaired) electrons. The van der Waals surface area contributed by atoms with Gasteiger partial charge in [0.15, 0.2) is 0 Å². The zero-order valence-electron chi connectivity index (χ0n) is 10.8. The van der Waals surface area contributed by atoms with Gasteiger partial charge in [-0.1, -0.05) is 15.9 Å². The first-order valence-electron chi connectivity index (χ1n) is 6.60. The minimum Gasteiger partial charge on any atom is -0.352 e. The van der Waals surface area contributed by atoms with Gasteiger partial charge in [-0.3, -0.25) is 4.79 Å². The molecule has 1 aromatic rings. The number of rotatable bonds is 6. The molecule has 0 aromatic heterocycles. The topological polar surface area (TPSA) is 41.1 Å². The highest BCUT2D eigenvalue weighted by Crippen LogP contribution is 2.16. The van der Waals surface area contributed by atoms with E-state index in [1.165, 1.54) is 17.9 Å². The van der Waals surface area contributed by atoms with Gasteiger partial charge in [-0.05, 0) is 49.4 Å². The number of benzene rings is 1. The number of carbonyl (C=O) groups excluding carboxylic acids is 1. The van der Waals surface area contributed by atoms with E-state index in [4.69, 9.17) is 0 Å². The van der Waals surface area contributed by atoms with Crippen LogP contribution < -0.4 is 10.6 Å². The van der Waals surface area contributed by atoms with Crippen LogP contribution in [0.1, 0.15) is 23.2 Å². The molecule has 1 aliphatic rings. The lowest BCUT2D eigenvalue weighted by atomic mass is 10.2. The molecule has 1 aromatic carbocycles. The van der Waals surface area contributed by atoms with Gasteiger partial charge in [0.2, 0.25) is 0 Å². The van der Waals surface area contributed by atoms with Gasteiger partial charge in [0.1, 0.15) is 0 Å². The minimum atomic E-state index is 0.00363. The lowest BCUT2D eigenvalue weighted by molar-refractivity contribution is 0.0953. The van der Waals surface area contributed by atoms with Crippen molar-refractivity contribution in [1.29, 1.82) is 0 Å². The molecule has 1 fully saturated rings. The number of hydrogen-bond donors (Lipinski definition) is 2. The molecular formula is C14H19BrN2OS. The van der Waals surface area contributed by atoms with Crippen molar-refractivity contribution in [3.05, 3.63) is 34.3 Å². The molecule has 2 rings (SSSR count). The smallest absolute Gasteiger partial charge is 0.251 e. The summed E-state index contributed by atoms with van der Waals surface area (Å²) in [7, 11) is 0. The third-order valence-corrected chi connectivity index (χ3v) is 4.80. The molecule has 104 valence electrons. The normalized spacial score (nSPS) is 18.5. The van der Waals surface area contributed by atoms with Crippen LogP contribution in [0.4, 0.5) is 0 Å². The first-order chi connectivity index (χ1) is 9.25. The van der Waals surface area contributed by atoms with E-state index in [2.05, 4.69) is 26.6 Å². The van der Waals surface area contributed by atoms with Crippen LogP contribution in [0.5, 0.6) is 0 Å². The second-order valence-electron chi connectivity index (χ2n) is 4.63. The number of halogens is 1. The van der Waals surface area contributed by atoms with Gasteiger partial charge >= 0.3 is 0 Å². The van der Waals surface area contributed by atoms with Crippen LogP contribution in [-0.2, 0) is 0 Å². The Balaban J connectivity index is 1.59. The van der Waals surface area contributed by atoms with Gasteiger partial charge in [-0.2, -0.15) is 11.8 Å². The highest BCUT2D eigenvalue weighted by molar-refractivity contribution is 9.10. The largest absolute Gasteiger partial charge is 0.352 e. The van der Waals surface area contributed by atoms with Gasteiger partial charge in [0, 0.05) is 28.4 Å². The van der Waals surface area contributed by atoms with Crippen LogP contribution in [0.3, 0.4) is 0 Å². The zero-order valence-corrected chi connectivity index (χ0v) is 13.2. The first kappa shape index (κ1) is 14.9. The van der Waals surface area contributed by atoms with Crippen molar-refractivity contribution in [2.24, 2.45) is 0 Å². The Morgan fingerprint density at radius 3 is 2.79 bits per heavy atom. The summed E-state index contributed by atoms with van der Waals surface area (Å²) >= 11 is 5.37. The van der Waals surface area contributed by atoms with Gasteiger partial charge < -0.3 is 10.6 Å². The molecule has 0 bridgehead atoms. The van der Waals surface area contributed by atoms with E-state index in [-0.39, 0.29) is 5.91 Å². The fourth-order valence-corrected chi connectivity index (χ4v) is 3.45. The van der Waals surface area contributed by atoms with Crippen LogP contribution in [0.15, 0.2) is 28.7 Å². The lowest BCUT2D eigenvalue weighted by Gasteiger charge is -2.11. The quantitative estimate of drug-likeness (QED) is 0.781. The predicted octanol–water partition coefficient (Wildman–Crippen LogP) is 2.66. The Morgan fingerprint density at radius 2 is 2.11 bits per heavy atom. The fourth-order valence-electron chi connectivity index (χ4n) is 2.00. The number of amides is 1. The molecule has 0 unspecified atom stereocenters. The Kier molecular flexibility index (Phi) is 6.20. The van der Waals surface area contributed by atoms with Crippen molar-refractivity contribution in [2.45, 2.75) is 18.9 Å². The van der Waals surface area contributed by atoms with Crippen molar-refractivity contribution in [2.75, 3.05) is 24.6 Å². The zero-order chi connectivity index (χ0) is 13.5. The van der Waals surface area contributed by atoms with E-state index in [1.54, 1.807) is 0 Å². The minimum absolute atomic E-state index is 0.00363. The van der Waals surface area contributed by atoms with Crippen molar-refractivity contribution >= 4 is 33.6 Å². The lowest BCUT2D eigenvalue weighted by Crippen LogP contribution is -2.32. The number of thioether (sulfide) groups is 1. The Bertz CT molecular complexity index is 404. The first-order valence-corrected chi connectivity index (χ1v) is 8.55. The SMILES string of the molecule is O=C(NCCCN[C@@H]1CCSC1)c1ccc(Br)cc1. The second-order valence-corrected chi connectivity index (χ2v) is 6.70. The van der Waals surface area contributed by atoms with Crippen LogP contribution in [0.2, 0.25) is 0 Å². The summed E-state index contributed by atoms with van der Waals surface area (Å²) in [6.07, 6.45) is 2.25.